The van der Waals surface area contributed by atoms with Crippen molar-refractivity contribution >= 4 is 29.2 Å². The number of hydrogen-bond donors (Lipinski definition) is 0. The Bertz CT molecular complexity index is 435. The number of nitrogens with zero attached hydrogens (tertiary/aromatic N) is 1. The zero-order valence-electron chi connectivity index (χ0n) is 8.97. The summed E-state index contributed by atoms with van der Waals surface area (Å²) in [6.07, 6.45) is 0. The van der Waals surface area contributed by atoms with Crippen LogP contribution < -0.4 is 0 Å². The average Bonchev–Trinajstić information content (AvgIpc) is 2.25. The fraction of sp³-hybridized carbons (Fsp3) is 0.400. The average molecular weight is 266 g/mol. The third-order valence-electron chi connectivity index (χ3n) is 1.98. The van der Waals surface area contributed by atoms with Crippen LogP contribution in [0.3, 0.4) is 0 Å². The maximum Gasteiger partial charge on any atom is 0.358 e. The second-order valence-corrected chi connectivity index (χ2v) is 4.19. The first-order valence-corrected chi connectivity index (χ1v) is 5.28. The highest BCUT2D eigenvalue weighted by Crippen LogP contribution is 2.32. The standard InChI is InChI=1S/C10H10Cl2FNO2/c1-4(2)8-7(13)5(11)6(12)9(14-8)10(15)16-3/h4H,1-3H3. The number of carbonyl (C=O) groups is 1. The van der Waals surface area contributed by atoms with Crippen molar-refractivity contribution < 1.29 is 13.9 Å². The van der Waals surface area contributed by atoms with E-state index in [2.05, 4.69) is 9.72 Å². The van der Waals surface area contributed by atoms with Crippen LogP contribution in [0.4, 0.5) is 4.39 Å². The normalized spacial score (nSPS) is 10.7. The summed E-state index contributed by atoms with van der Waals surface area (Å²) in [5, 5.41) is -0.531. The minimum Gasteiger partial charge on any atom is -0.464 e. The second-order valence-electron chi connectivity index (χ2n) is 3.43. The summed E-state index contributed by atoms with van der Waals surface area (Å²) in [6, 6.07) is 0. The van der Waals surface area contributed by atoms with Gasteiger partial charge in [-0.05, 0) is 5.92 Å². The summed E-state index contributed by atoms with van der Waals surface area (Å²) in [5.74, 6) is -1.65. The molecule has 0 aliphatic heterocycles. The van der Waals surface area contributed by atoms with Gasteiger partial charge in [-0.2, -0.15) is 0 Å². The Morgan fingerprint density at radius 2 is 1.94 bits per heavy atom. The molecule has 0 saturated carbocycles. The molecular weight excluding hydrogens is 256 g/mol. The van der Waals surface area contributed by atoms with Gasteiger partial charge in [0.25, 0.3) is 0 Å². The monoisotopic (exact) mass is 265 g/mol. The van der Waals surface area contributed by atoms with Crippen molar-refractivity contribution in [3.8, 4) is 0 Å². The fourth-order valence-electron chi connectivity index (χ4n) is 1.15. The maximum atomic E-state index is 13.6. The van der Waals surface area contributed by atoms with Crippen LogP contribution in [0.15, 0.2) is 0 Å². The minimum absolute atomic E-state index is 0.0924. The summed E-state index contributed by atoms with van der Waals surface area (Å²) in [7, 11) is 1.19. The van der Waals surface area contributed by atoms with Crippen LogP contribution in [0.25, 0.3) is 0 Å². The molecule has 16 heavy (non-hydrogen) atoms. The molecule has 0 bridgehead atoms. The summed E-state index contributed by atoms with van der Waals surface area (Å²) >= 11 is 11.4. The van der Waals surface area contributed by atoms with Crippen LogP contribution in [0.2, 0.25) is 10.0 Å². The molecule has 1 rings (SSSR count). The Morgan fingerprint density at radius 3 is 2.38 bits per heavy atom. The first kappa shape index (κ1) is 13.2. The SMILES string of the molecule is COC(=O)c1nc(C(C)C)c(F)c(Cl)c1Cl. The van der Waals surface area contributed by atoms with Gasteiger partial charge in [-0.25, -0.2) is 14.2 Å². The Balaban J connectivity index is 3.47. The molecule has 1 heterocycles. The predicted molar refractivity (Wildman–Crippen MR) is 59.6 cm³/mol. The predicted octanol–water partition coefficient (Wildman–Crippen LogP) is 3.44. The van der Waals surface area contributed by atoms with Crippen molar-refractivity contribution in [2.45, 2.75) is 19.8 Å². The van der Waals surface area contributed by atoms with Gasteiger partial charge in [0.1, 0.15) is 0 Å². The van der Waals surface area contributed by atoms with Crippen molar-refractivity contribution in [1.82, 2.24) is 4.98 Å². The number of rotatable bonds is 2. The Morgan fingerprint density at radius 1 is 1.38 bits per heavy atom. The molecule has 1 aromatic rings. The molecular formula is C10H10Cl2FNO2. The van der Waals surface area contributed by atoms with E-state index in [4.69, 9.17) is 23.2 Å². The van der Waals surface area contributed by atoms with E-state index >= 15 is 0 Å². The highest BCUT2D eigenvalue weighted by molar-refractivity contribution is 6.43. The number of carbonyl (C=O) groups excluding carboxylic acids is 1. The van der Waals surface area contributed by atoms with Crippen molar-refractivity contribution in [2.75, 3.05) is 7.11 Å². The van der Waals surface area contributed by atoms with Crippen LogP contribution in [0.1, 0.15) is 35.9 Å². The Labute approximate surface area is 103 Å². The van der Waals surface area contributed by atoms with Crippen LogP contribution in [0, 0.1) is 5.82 Å². The maximum absolute atomic E-state index is 13.6. The molecule has 3 nitrogen and oxygen atoms in total. The van der Waals surface area contributed by atoms with Crippen molar-refractivity contribution in [3.05, 3.63) is 27.3 Å². The highest BCUT2D eigenvalue weighted by Gasteiger charge is 2.23. The third kappa shape index (κ3) is 2.28. The zero-order valence-corrected chi connectivity index (χ0v) is 10.5. The van der Waals surface area contributed by atoms with Crippen LogP contribution in [-0.2, 0) is 4.74 Å². The lowest BCUT2D eigenvalue weighted by atomic mass is 10.1. The molecule has 6 heteroatoms. The van der Waals surface area contributed by atoms with Crippen molar-refractivity contribution in [1.29, 1.82) is 0 Å². The quantitative estimate of drug-likeness (QED) is 0.770. The van der Waals surface area contributed by atoms with Gasteiger partial charge in [-0.3, -0.25) is 0 Å². The zero-order chi connectivity index (χ0) is 12.5. The number of ether oxygens (including phenoxy) is 1. The Kier molecular flexibility index (Phi) is 4.10. The molecule has 0 amide bonds. The van der Waals surface area contributed by atoms with Gasteiger partial charge in [-0.15, -0.1) is 0 Å². The first-order valence-electron chi connectivity index (χ1n) is 4.52. The second kappa shape index (κ2) is 4.97. The molecule has 0 aliphatic carbocycles. The summed E-state index contributed by atoms with van der Waals surface area (Å²) in [4.78, 5) is 15.2. The topological polar surface area (TPSA) is 39.2 Å². The molecule has 0 spiro atoms. The fourth-order valence-corrected chi connectivity index (χ4v) is 1.53. The summed E-state index contributed by atoms with van der Waals surface area (Å²) in [5.41, 5.74) is -0.0749. The molecule has 88 valence electrons. The summed E-state index contributed by atoms with van der Waals surface area (Å²) < 4.78 is 18.1. The van der Waals surface area contributed by atoms with Gasteiger partial charge in [0.15, 0.2) is 11.5 Å². The van der Waals surface area contributed by atoms with Gasteiger partial charge < -0.3 is 4.74 Å². The lowest BCUT2D eigenvalue weighted by Gasteiger charge is -2.11. The summed E-state index contributed by atoms with van der Waals surface area (Å²) in [6.45, 7) is 3.47. The van der Waals surface area contributed by atoms with E-state index < -0.39 is 11.8 Å². The van der Waals surface area contributed by atoms with Gasteiger partial charge >= 0.3 is 5.97 Å². The number of halogens is 3. The van der Waals surface area contributed by atoms with Gasteiger partial charge in [-0.1, -0.05) is 37.0 Å². The van der Waals surface area contributed by atoms with E-state index in [1.165, 1.54) is 7.11 Å². The molecule has 0 radical (unpaired) electrons. The first-order chi connectivity index (χ1) is 7.40. The third-order valence-corrected chi connectivity index (χ3v) is 2.80. The number of aromatic nitrogens is 1. The lowest BCUT2D eigenvalue weighted by molar-refractivity contribution is 0.0593. The van der Waals surface area contributed by atoms with Gasteiger partial charge in [0.2, 0.25) is 0 Å². The van der Waals surface area contributed by atoms with E-state index in [9.17, 15) is 9.18 Å². The molecule has 0 unspecified atom stereocenters. The molecule has 0 aromatic carbocycles. The van der Waals surface area contributed by atoms with Crippen LogP contribution in [0.5, 0.6) is 0 Å². The molecule has 0 saturated heterocycles. The number of pyridine rings is 1. The van der Waals surface area contributed by atoms with E-state index in [0.717, 1.165) is 0 Å². The van der Waals surface area contributed by atoms with E-state index in [1.54, 1.807) is 13.8 Å². The van der Waals surface area contributed by atoms with E-state index in [0.29, 0.717) is 0 Å². The van der Waals surface area contributed by atoms with E-state index in [1.807, 2.05) is 0 Å². The molecule has 0 fully saturated rings. The minimum atomic E-state index is -0.742. The van der Waals surface area contributed by atoms with Crippen molar-refractivity contribution in [3.63, 3.8) is 0 Å². The number of methoxy groups -OCH3 is 1. The largest absolute Gasteiger partial charge is 0.464 e. The van der Waals surface area contributed by atoms with Gasteiger partial charge in [0, 0.05) is 0 Å². The smallest absolute Gasteiger partial charge is 0.358 e. The van der Waals surface area contributed by atoms with E-state index in [-0.39, 0.29) is 27.4 Å². The Hall–Kier alpha value is -0.870. The molecule has 0 N–H and O–H groups in total. The molecule has 0 aliphatic rings. The van der Waals surface area contributed by atoms with Crippen molar-refractivity contribution in [2.24, 2.45) is 0 Å². The van der Waals surface area contributed by atoms with Crippen LogP contribution in [-0.4, -0.2) is 18.1 Å². The van der Waals surface area contributed by atoms with Crippen LogP contribution >= 0.6 is 23.2 Å². The number of esters is 1. The number of hydrogen-bond acceptors (Lipinski definition) is 3. The highest BCUT2D eigenvalue weighted by atomic mass is 35.5. The van der Waals surface area contributed by atoms with Gasteiger partial charge in [0.05, 0.1) is 22.8 Å². The molecule has 0 atom stereocenters. The lowest BCUT2D eigenvalue weighted by Crippen LogP contribution is -2.10. The molecule has 1 aromatic heterocycles.